The Kier molecular flexibility index (Phi) is 9.58. The molecule has 0 radical (unpaired) electrons. The molecule has 156 valence electrons. The Morgan fingerprint density at radius 2 is 1.48 bits per heavy atom. The first-order chi connectivity index (χ1) is 14.0. The Morgan fingerprint density at radius 3 is 2.00 bits per heavy atom. The second kappa shape index (κ2) is 12.2. The lowest BCUT2D eigenvalue weighted by Gasteiger charge is -2.04. The maximum absolute atomic E-state index is 10.9. The smallest absolute Gasteiger partial charge is 0.330 e. The summed E-state index contributed by atoms with van der Waals surface area (Å²) >= 11 is 3.04. The summed E-state index contributed by atoms with van der Waals surface area (Å²) in [6.07, 6.45) is 5.93. The zero-order valence-corrected chi connectivity index (χ0v) is 17.9. The molecule has 1 aliphatic heterocycles. The molecule has 0 aliphatic carbocycles. The number of ether oxygens (including phenoxy) is 5. The molecule has 2 aromatic rings. The van der Waals surface area contributed by atoms with E-state index in [9.17, 15) is 9.59 Å². The van der Waals surface area contributed by atoms with Crippen molar-refractivity contribution < 1.29 is 33.3 Å². The lowest BCUT2D eigenvalue weighted by molar-refractivity contribution is -0.135. The van der Waals surface area contributed by atoms with Gasteiger partial charge in [-0.2, -0.15) is 0 Å². The van der Waals surface area contributed by atoms with Crippen molar-refractivity contribution in [2.24, 2.45) is 0 Å². The second-order valence-electron chi connectivity index (χ2n) is 5.46. The number of carbonyl (C=O) groups is 2. The molecule has 29 heavy (non-hydrogen) atoms. The molecule has 0 atom stereocenters. The lowest BCUT2D eigenvalue weighted by atomic mass is 10.3. The number of hydrogen-bond donors (Lipinski definition) is 0. The van der Waals surface area contributed by atoms with E-state index in [4.69, 9.17) is 14.2 Å². The molecule has 0 unspecified atom stereocenters. The molecule has 0 saturated carbocycles. The fourth-order valence-electron chi connectivity index (χ4n) is 2.10. The van der Waals surface area contributed by atoms with Gasteiger partial charge < -0.3 is 23.7 Å². The molecule has 0 bridgehead atoms. The highest BCUT2D eigenvalue weighted by molar-refractivity contribution is 7.11. The maximum Gasteiger partial charge on any atom is 0.330 e. The summed E-state index contributed by atoms with van der Waals surface area (Å²) in [5.41, 5.74) is 0.993. The van der Waals surface area contributed by atoms with Crippen molar-refractivity contribution in [2.45, 2.75) is 6.29 Å². The second-order valence-corrected chi connectivity index (χ2v) is 7.34. The Labute approximate surface area is 177 Å². The average molecular weight is 439 g/mol. The van der Waals surface area contributed by atoms with Crippen LogP contribution in [-0.4, -0.2) is 46.5 Å². The predicted octanol–water partition coefficient (Wildman–Crippen LogP) is 3.92. The van der Waals surface area contributed by atoms with E-state index in [1.165, 1.54) is 49.0 Å². The van der Waals surface area contributed by atoms with Crippen LogP contribution < -0.4 is 4.74 Å². The normalized spacial score (nSPS) is 14.0. The number of thiophene rings is 2. The molecular weight excluding hydrogens is 416 g/mol. The van der Waals surface area contributed by atoms with Crippen LogP contribution in [0.2, 0.25) is 0 Å². The van der Waals surface area contributed by atoms with Gasteiger partial charge in [0.1, 0.15) is 5.75 Å². The summed E-state index contributed by atoms with van der Waals surface area (Å²) in [5, 5.41) is 3.84. The van der Waals surface area contributed by atoms with Crippen LogP contribution in [0.4, 0.5) is 0 Å². The topological polar surface area (TPSA) is 80.3 Å². The van der Waals surface area contributed by atoms with E-state index >= 15 is 0 Å². The maximum atomic E-state index is 10.9. The van der Waals surface area contributed by atoms with Crippen molar-refractivity contribution >= 4 is 46.8 Å². The van der Waals surface area contributed by atoms with Crippen LogP contribution in [0.1, 0.15) is 21.6 Å². The van der Waals surface area contributed by atoms with Crippen molar-refractivity contribution in [3.8, 4) is 5.75 Å². The Morgan fingerprint density at radius 1 is 0.931 bits per heavy atom. The average Bonchev–Trinajstić information content (AvgIpc) is 3.51. The molecule has 1 fully saturated rings. The first-order valence-electron chi connectivity index (χ1n) is 8.52. The molecule has 0 amide bonds. The summed E-state index contributed by atoms with van der Waals surface area (Å²) in [5.74, 6) is 0.0881. The summed E-state index contributed by atoms with van der Waals surface area (Å²) < 4.78 is 24.7. The van der Waals surface area contributed by atoms with Gasteiger partial charge in [-0.1, -0.05) is 0 Å². The zero-order valence-electron chi connectivity index (χ0n) is 16.3. The molecule has 2 aromatic heterocycles. The predicted molar refractivity (Wildman–Crippen MR) is 112 cm³/mol. The summed E-state index contributed by atoms with van der Waals surface area (Å²) in [4.78, 5) is 23.6. The largest absolute Gasteiger partial charge is 0.496 e. The summed E-state index contributed by atoms with van der Waals surface area (Å²) in [6.45, 7) is 1.27. The molecule has 9 heteroatoms. The number of esters is 2. The van der Waals surface area contributed by atoms with Crippen LogP contribution in [0.15, 0.2) is 35.0 Å². The Balaban J connectivity index is 0.000000212. The van der Waals surface area contributed by atoms with Crippen molar-refractivity contribution in [2.75, 3.05) is 34.5 Å². The highest BCUT2D eigenvalue weighted by Crippen LogP contribution is 2.28. The molecular formula is C20H22O7S2. The highest BCUT2D eigenvalue weighted by atomic mass is 32.1. The fraction of sp³-hybridized carbons (Fsp3) is 0.300. The van der Waals surface area contributed by atoms with E-state index < -0.39 is 0 Å². The molecule has 7 nitrogen and oxygen atoms in total. The minimum Gasteiger partial charge on any atom is -0.496 e. The van der Waals surface area contributed by atoms with Gasteiger partial charge in [-0.05, 0) is 29.7 Å². The van der Waals surface area contributed by atoms with Gasteiger partial charge in [0.2, 0.25) is 0 Å². The third kappa shape index (κ3) is 7.82. The van der Waals surface area contributed by atoms with Crippen LogP contribution in [-0.2, 0) is 28.5 Å². The summed E-state index contributed by atoms with van der Waals surface area (Å²) in [6, 6.07) is 3.80. The molecule has 1 saturated heterocycles. The third-order valence-corrected chi connectivity index (χ3v) is 5.33. The molecule has 3 heterocycles. The van der Waals surface area contributed by atoms with Gasteiger partial charge in [-0.3, -0.25) is 0 Å². The van der Waals surface area contributed by atoms with E-state index in [1.807, 2.05) is 22.9 Å². The van der Waals surface area contributed by atoms with Crippen LogP contribution in [0.3, 0.4) is 0 Å². The van der Waals surface area contributed by atoms with Crippen molar-refractivity contribution in [1.82, 2.24) is 0 Å². The molecule has 3 rings (SSSR count). The molecule has 0 spiro atoms. The SMILES string of the molecule is COC(=O)/C=C/c1cc(C2OCCO2)cs1.COC(=O)/C=C/c1cc(OC)cs1. The van der Waals surface area contributed by atoms with Crippen LogP contribution in [0.25, 0.3) is 12.2 Å². The minimum absolute atomic E-state index is 0.253. The minimum atomic E-state index is -0.358. The van der Waals surface area contributed by atoms with E-state index in [1.54, 1.807) is 19.3 Å². The van der Waals surface area contributed by atoms with Gasteiger partial charge in [-0.25, -0.2) is 9.59 Å². The van der Waals surface area contributed by atoms with Crippen molar-refractivity contribution in [3.63, 3.8) is 0 Å². The van der Waals surface area contributed by atoms with Gasteiger partial charge in [0.05, 0.1) is 34.5 Å². The monoisotopic (exact) mass is 438 g/mol. The highest BCUT2D eigenvalue weighted by Gasteiger charge is 2.19. The van der Waals surface area contributed by atoms with Crippen LogP contribution in [0, 0.1) is 0 Å². The van der Waals surface area contributed by atoms with Crippen LogP contribution in [0.5, 0.6) is 5.75 Å². The van der Waals surface area contributed by atoms with Crippen molar-refractivity contribution in [1.29, 1.82) is 0 Å². The first kappa shape index (κ1) is 22.8. The van der Waals surface area contributed by atoms with E-state index in [-0.39, 0.29) is 18.2 Å². The van der Waals surface area contributed by atoms with E-state index in [0.717, 1.165) is 21.1 Å². The molecule has 0 N–H and O–H groups in total. The third-order valence-electron chi connectivity index (χ3n) is 3.54. The van der Waals surface area contributed by atoms with Gasteiger partial charge in [0, 0.05) is 32.8 Å². The van der Waals surface area contributed by atoms with Gasteiger partial charge in [0.15, 0.2) is 6.29 Å². The number of carbonyl (C=O) groups excluding carboxylic acids is 2. The van der Waals surface area contributed by atoms with E-state index in [0.29, 0.717) is 13.2 Å². The van der Waals surface area contributed by atoms with Gasteiger partial charge >= 0.3 is 11.9 Å². The molecule has 0 aromatic carbocycles. The number of hydrogen-bond acceptors (Lipinski definition) is 9. The number of rotatable bonds is 6. The standard InChI is InChI=1S/C11H12O4S.C9H10O3S/c1-13-10(12)3-2-9-6-8(7-16-9)11-14-4-5-15-11;1-11-7-5-8(13-6-7)3-4-9(10)12-2/h2-3,6-7,11H,4-5H2,1H3;3-6H,1-2H3/b3-2+;4-3+. The quantitative estimate of drug-likeness (QED) is 0.499. The Hall–Kier alpha value is -2.46. The summed E-state index contributed by atoms with van der Waals surface area (Å²) in [7, 11) is 4.31. The van der Waals surface area contributed by atoms with Gasteiger partial charge in [0.25, 0.3) is 0 Å². The molecule has 1 aliphatic rings. The zero-order chi connectivity index (χ0) is 21.1. The first-order valence-corrected chi connectivity index (χ1v) is 10.3. The van der Waals surface area contributed by atoms with Crippen LogP contribution >= 0.6 is 22.7 Å². The Bertz CT molecular complexity index is 845. The van der Waals surface area contributed by atoms with E-state index in [2.05, 4.69) is 9.47 Å². The fourth-order valence-corrected chi connectivity index (χ4v) is 3.64. The lowest BCUT2D eigenvalue weighted by Crippen LogP contribution is -1.95. The number of methoxy groups -OCH3 is 3. The van der Waals surface area contributed by atoms with Gasteiger partial charge in [-0.15, -0.1) is 22.7 Å². The van der Waals surface area contributed by atoms with Crippen molar-refractivity contribution in [3.05, 3.63) is 50.4 Å².